The normalized spacial score (nSPS) is 22.9. The molecular formula is C14H18O4S. The number of rotatable bonds is 4. The van der Waals surface area contributed by atoms with Crippen LogP contribution < -0.4 is 0 Å². The van der Waals surface area contributed by atoms with Crippen LogP contribution in [0.15, 0.2) is 47.4 Å². The Morgan fingerprint density at radius 2 is 2.00 bits per heavy atom. The number of hydrogen-bond donors (Lipinski definition) is 0. The molecule has 1 aromatic carbocycles. The van der Waals surface area contributed by atoms with Crippen molar-refractivity contribution in [1.82, 2.24) is 0 Å². The van der Waals surface area contributed by atoms with Crippen molar-refractivity contribution in [2.75, 3.05) is 12.4 Å². The van der Waals surface area contributed by atoms with E-state index in [2.05, 4.69) is 0 Å². The fourth-order valence-electron chi connectivity index (χ4n) is 1.87. The molecule has 1 aliphatic rings. The Kier molecular flexibility index (Phi) is 4.08. The molecule has 0 bridgehead atoms. The lowest BCUT2D eigenvalue weighted by atomic mass is 10.3. The maximum Gasteiger partial charge on any atom is 0.181 e. The summed E-state index contributed by atoms with van der Waals surface area (Å²) in [4.78, 5) is 0.337. The van der Waals surface area contributed by atoms with E-state index in [1.165, 1.54) is 0 Å². The van der Waals surface area contributed by atoms with E-state index < -0.39 is 15.6 Å². The molecule has 0 spiro atoms. The molecule has 1 atom stereocenters. The van der Waals surface area contributed by atoms with Crippen LogP contribution in [-0.2, 0) is 19.3 Å². The van der Waals surface area contributed by atoms with Gasteiger partial charge in [-0.3, -0.25) is 0 Å². The van der Waals surface area contributed by atoms with Gasteiger partial charge in [0.05, 0.1) is 17.3 Å². The zero-order valence-corrected chi connectivity index (χ0v) is 11.9. The maximum atomic E-state index is 12.0. The van der Waals surface area contributed by atoms with Gasteiger partial charge in [-0.25, -0.2) is 8.42 Å². The SMILES string of the molecule is CC1(C)OC[C@H](/C=C\CS(=O)(=O)c2ccccc2)O1. The predicted molar refractivity (Wildman–Crippen MR) is 72.5 cm³/mol. The van der Waals surface area contributed by atoms with Crippen molar-refractivity contribution in [1.29, 1.82) is 0 Å². The molecule has 104 valence electrons. The zero-order chi connectivity index (χ0) is 13.9. The highest BCUT2D eigenvalue weighted by molar-refractivity contribution is 7.91. The summed E-state index contributed by atoms with van der Waals surface area (Å²) in [7, 11) is -3.26. The van der Waals surface area contributed by atoms with Crippen LogP contribution in [0, 0.1) is 0 Å². The van der Waals surface area contributed by atoms with Crippen LogP contribution in [0.2, 0.25) is 0 Å². The Morgan fingerprint density at radius 3 is 2.58 bits per heavy atom. The lowest BCUT2D eigenvalue weighted by molar-refractivity contribution is -0.133. The average Bonchev–Trinajstić information content (AvgIpc) is 2.70. The van der Waals surface area contributed by atoms with Crippen molar-refractivity contribution >= 4 is 9.84 Å². The topological polar surface area (TPSA) is 52.6 Å². The molecule has 2 rings (SSSR count). The van der Waals surface area contributed by atoms with Crippen molar-refractivity contribution in [2.24, 2.45) is 0 Å². The first-order valence-corrected chi connectivity index (χ1v) is 7.80. The molecule has 4 nitrogen and oxygen atoms in total. The van der Waals surface area contributed by atoms with Gasteiger partial charge < -0.3 is 9.47 Å². The highest BCUT2D eigenvalue weighted by Crippen LogP contribution is 2.22. The summed E-state index contributed by atoms with van der Waals surface area (Å²) in [6, 6.07) is 8.42. The molecule has 0 aromatic heterocycles. The van der Waals surface area contributed by atoms with Gasteiger partial charge in [-0.05, 0) is 26.0 Å². The van der Waals surface area contributed by atoms with E-state index in [9.17, 15) is 8.42 Å². The second-order valence-corrected chi connectivity index (χ2v) is 6.92. The molecule has 19 heavy (non-hydrogen) atoms. The quantitative estimate of drug-likeness (QED) is 0.794. The lowest BCUT2D eigenvalue weighted by Crippen LogP contribution is -2.20. The fourth-order valence-corrected chi connectivity index (χ4v) is 3.00. The van der Waals surface area contributed by atoms with Crippen LogP contribution in [0.3, 0.4) is 0 Å². The van der Waals surface area contributed by atoms with E-state index in [0.29, 0.717) is 11.5 Å². The molecule has 0 aliphatic carbocycles. The molecule has 1 aliphatic heterocycles. The first kappa shape index (κ1) is 14.2. The summed E-state index contributed by atoms with van der Waals surface area (Å²) >= 11 is 0. The first-order valence-electron chi connectivity index (χ1n) is 6.15. The largest absolute Gasteiger partial charge is 0.347 e. The van der Waals surface area contributed by atoms with Gasteiger partial charge in [0.2, 0.25) is 0 Å². The van der Waals surface area contributed by atoms with Gasteiger partial charge in [0.1, 0.15) is 6.10 Å². The number of hydrogen-bond acceptors (Lipinski definition) is 4. The molecule has 1 heterocycles. The first-order chi connectivity index (χ1) is 8.89. The number of sulfone groups is 1. The van der Waals surface area contributed by atoms with Gasteiger partial charge in [0.15, 0.2) is 15.6 Å². The minimum absolute atomic E-state index is 0.0305. The van der Waals surface area contributed by atoms with Gasteiger partial charge in [0, 0.05) is 0 Å². The van der Waals surface area contributed by atoms with E-state index >= 15 is 0 Å². The molecule has 0 saturated carbocycles. The Bertz CT molecular complexity index is 546. The second-order valence-electron chi connectivity index (χ2n) is 4.89. The Balaban J connectivity index is 1.96. The number of benzene rings is 1. The van der Waals surface area contributed by atoms with Crippen molar-refractivity contribution < 1.29 is 17.9 Å². The minimum Gasteiger partial charge on any atom is -0.347 e. The van der Waals surface area contributed by atoms with E-state index in [0.717, 1.165) is 0 Å². The van der Waals surface area contributed by atoms with Gasteiger partial charge in [-0.1, -0.05) is 30.4 Å². The van der Waals surface area contributed by atoms with E-state index in [4.69, 9.17) is 9.47 Å². The predicted octanol–water partition coefficient (Wildman–Crippen LogP) is 2.17. The summed E-state index contributed by atoms with van der Waals surface area (Å²) < 4.78 is 35.0. The molecule has 1 saturated heterocycles. The molecule has 1 aromatic rings. The lowest BCUT2D eigenvalue weighted by Gasteiger charge is -2.15. The minimum atomic E-state index is -3.26. The molecule has 0 radical (unpaired) electrons. The Hall–Kier alpha value is -1.17. The van der Waals surface area contributed by atoms with Crippen LogP contribution in [0.1, 0.15) is 13.8 Å². The summed E-state index contributed by atoms with van der Waals surface area (Å²) in [5.41, 5.74) is 0. The van der Waals surface area contributed by atoms with Crippen LogP contribution in [0.5, 0.6) is 0 Å². The van der Waals surface area contributed by atoms with Crippen LogP contribution in [-0.4, -0.2) is 32.7 Å². The average molecular weight is 282 g/mol. The third-order valence-corrected chi connectivity index (χ3v) is 4.42. The molecule has 5 heteroatoms. The highest BCUT2D eigenvalue weighted by atomic mass is 32.2. The summed E-state index contributed by atoms with van der Waals surface area (Å²) in [6.45, 7) is 4.12. The van der Waals surface area contributed by atoms with Gasteiger partial charge in [0.25, 0.3) is 0 Å². The Labute approximate surface area is 114 Å². The fraction of sp³-hybridized carbons (Fsp3) is 0.429. The van der Waals surface area contributed by atoms with Crippen molar-refractivity contribution in [3.05, 3.63) is 42.5 Å². The van der Waals surface area contributed by atoms with Crippen molar-refractivity contribution in [2.45, 2.75) is 30.6 Å². The van der Waals surface area contributed by atoms with Crippen molar-refractivity contribution in [3.63, 3.8) is 0 Å². The molecular weight excluding hydrogens is 264 g/mol. The van der Waals surface area contributed by atoms with Crippen LogP contribution >= 0.6 is 0 Å². The summed E-state index contributed by atoms with van der Waals surface area (Å²) in [5, 5.41) is 0. The molecule has 1 fully saturated rings. The number of ether oxygens (including phenoxy) is 2. The summed E-state index contributed by atoms with van der Waals surface area (Å²) in [5.74, 6) is -0.620. The molecule has 0 unspecified atom stereocenters. The van der Waals surface area contributed by atoms with E-state index in [1.54, 1.807) is 42.5 Å². The summed E-state index contributed by atoms with van der Waals surface area (Å²) in [6.07, 6.45) is 3.19. The van der Waals surface area contributed by atoms with E-state index in [-0.39, 0.29) is 11.9 Å². The standard InChI is InChI=1S/C14H18O4S/c1-14(2)17-11-12(18-14)7-6-10-19(15,16)13-8-4-3-5-9-13/h3-9,12H,10-11H2,1-2H3/b7-6-/t12-/m0/s1. The third-order valence-electron chi connectivity index (χ3n) is 2.80. The van der Waals surface area contributed by atoms with Crippen LogP contribution in [0.25, 0.3) is 0 Å². The smallest absolute Gasteiger partial charge is 0.181 e. The van der Waals surface area contributed by atoms with Gasteiger partial charge in [-0.2, -0.15) is 0 Å². The Morgan fingerprint density at radius 1 is 1.32 bits per heavy atom. The van der Waals surface area contributed by atoms with E-state index in [1.807, 2.05) is 13.8 Å². The zero-order valence-electron chi connectivity index (χ0n) is 11.1. The van der Waals surface area contributed by atoms with Gasteiger partial charge in [-0.15, -0.1) is 0 Å². The van der Waals surface area contributed by atoms with Crippen LogP contribution in [0.4, 0.5) is 0 Å². The highest BCUT2D eigenvalue weighted by Gasteiger charge is 2.30. The second kappa shape index (κ2) is 5.45. The van der Waals surface area contributed by atoms with Gasteiger partial charge >= 0.3 is 0 Å². The monoisotopic (exact) mass is 282 g/mol. The molecule has 0 amide bonds. The third kappa shape index (κ3) is 3.89. The molecule has 0 N–H and O–H groups in total. The maximum absolute atomic E-state index is 12.0. The van der Waals surface area contributed by atoms with Crippen molar-refractivity contribution in [3.8, 4) is 0 Å².